The largest absolute Gasteiger partial charge is 0.339 e. The Balaban J connectivity index is 2.30. The van der Waals surface area contributed by atoms with Crippen molar-refractivity contribution < 1.29 is 9.59 Å². The molecule has 1 fully saturated rings. The summed E-state index contributed by atoms with van der Waals surface area (Å²) in [5, 5.41) is 0. The molecule has 0 bridgehead atoms. The average molecular weight is 283 g/mol. The van der Waals surface area contributed by atoms with E-state index in [0.29, 0.717) is 39.0 Å². The van der Waals surface area contributed by atoms with Crippen molar-refractivity contribution in [3.8, 4) is 0 Å². The Hall–Kier alpha value is -1.10. The fourth-order valence-electron chi connectivity index (χ4n) is 2.53. The zero-order valence-corrected chi connectivity index (χ0v) is 13.2. The molecule has 1 aliphatic heterocycles. The van der Waals surface area contributed by atoms with Crippen LogP contribution in [0, 0.1) is 0 Å². The topological polar surface area (TPSA) is 43.9 Å². The molecule has 116 valence electrons. The highest BCUT2D eigenvalue weighted by Crippen LogP contribution is 2.07. The Kier molecular flexibility index (Phi) is 7.59. The molecule has 1 heterocycles. The first kappa shape index (κ1) is 17.0. The molecule has 0 aliphatic carbocycles. The van der Waals surface area contributed by atoms with Gasteiger partial charge in [-0.25, -0.2) is 0 Å². The number of hydrogen-bond acceptors (Lipinski definition) is 3. The van der Waals surface area contributed by atoms with Crippen LogP contribution in [0.3, 0.4) is 0 Å². The smallest absolute Gasteiger partial charge is 0.223 e. The summed E-state index contributed by atoms with van der Waals surface area (Å²) in [4.78, 5) is 30.0. The Morgan fingerprint density at radius 2 is 1.30 bits per heavy atom. The minimum Gasteiger partial charge on any atom is -0.339 e. The molecule has 0 radical (unpaired) electrons. The molecule has 0 aromatic carbocycles. The fraction of sp³-hybridized carbons (Fsp3) is 0.867. The minimum absolute atomic E-state index is 0.222. The van der Waals surface area contributed by atoms with Gasteiger partial charge in [-0.2, -0.15) is 0 Å². The summed E-state index contributed by atoms with van der Waals surface area (Å²) in [5.41, 5.74) is 0. The van der Waals surface area contributed by atoms with E-state index in [9.17, 15) is 9.59 Å². The molecule has 0 N–H and O–H groups in total. The molecule has 5 heteroatoms. The molecule has 0 aromatic heterocycles. The summed E-state index contributed by atoms with van der Waals surface area (Å²) in [6.45, 7) is 11.8. The fourth-order valence-corrected chi connectivity index (χ4v) is 2.53. The number of carbonyl (C=O) groups is 2. The van der Waals surface area contributed by atoms with Gasteiger partial charge in [0.15, 0.2) is 0 Å². The van der Waals surface area contributed by atoms with Gasteiger partial charge in [-0.3, -0.25) is 9.59 Å². The van der Waals surface area contributed by atoms with E-state index in [4.69, 9.17) is 0 Å². The van der Waals surface area contributed by atoms with Gasteiger partial charge in [0.25, 0.3) is 0 Å². The van der Waals surface area contributed by atoms with Crippen LogP contribution < -0.4 is 0 Å². The van der Waals surface area contributed by atoms with Crippen LogP contribution in [-0.2, 0) is 9.59 Å². The van der Waals surface area contributed by atoms with E-state index in [0.717, 1.165) is 26.1 Å². The van der Waals surface area contributed by atoms with Gasteiger partial charge < -0.3 is 14.7 Å². The second-order valence-electron chi connectivity index (χ2n) is 5.29. The zero-order chi connectivity index (χ0) is 15.0. The van der Waals surface area contributed by atoms with E-state index < -0.39 is 0 Å². The standard InChI is InChI=1S/C15H29N3O2/c1-4-7-14(19)17-10-12-18(13-11-17)15(20)8-9-16(5-2)6-3/h4-13H2,1-3H3. The maximum Gasteiger partial charge on any atom is 0.223 e. The van der Waals surface area contributed by atoms with Crippen molar-refractivity contribution in [2.45, 2.75) is 40.0 Å². The lowest BCUT2D eigenvalue weighted by Gasteiger charge is -2.35. The van der Waals surface area contributed by atoms with Crippen molar-refractivity contribution >= 4 is 11.8 Å². The van der Waals surface area contributed by atoms with Crippen LogP contribution in [0.4, 0.5) is 0 Å². The number of amides is 2. The predicted molar refractivity (Wildman–Crippen MR) is 80.5 cm³/mol. The quantitative estimate of drug-likeness (QED) is 0.705. The number of carbonyl (C=O) groups excluding carboxylic acids is 2. The Morgan fingerprint density at radius 3 is 1.70 bits per heavy atom. The highest BCUT2D eigenvalue weighted by molar-refractivity contribution is 5.78. The second-order valence-corrected chi connectivity index (χ2v) is 5.29. The zero-order valence-electron chi connectivity index (χ0n) is 13.2. The van der Waals surface area contributed by atoms with Gasteiger partial charge in [0.2, 0.25) is 11.8 Å². The molecule has 0 atom stereocenters. The normalized spacial score (nSPS) is 15.8. The van der Waals surface area contributed by atoms with Crippen LogP contribution >= 0.6 is 0 Å². The third-order valence-corrected chi connectivity index (χ3v) is 3.99. The summed E-state index contributed by atoms with van der Waals surface area (Å²) in [6, 6.07) is 0. The number of nitrogens with zero attached hydrogens (tertiary/aromatic N) is 3. The van der Waals surface area contributed by atoms with E-state index in [1.165, 1.54) is 0 Å². The van der Waals surface area contributed by atoms with Gasteiger partial charge in [0.05, 0.1) is 0 Å². The third kappa shape index (κ3) is 5.12. The van der Waals surface area contributed by atoms with Crippen molar-refractivity contribution in [2.75, 3.05) is 45.8 Å². The Labute approximate surface area is 122 Å². The van der Waals surface area contributed by atoms with Gasteiger partial charge in [-0.05, 0) is 19.5 Å². The van der Waals surface area contributed by atoms with Crippen LogP contribution in [0.1, 0.15) is 40.0 Å². The molecular weight excluding hydrogens is 254 g/mol. The second kappa shape index (κ2) is 8.95. The van der Waals surface area contributed by atoms with Gasteiger partial charge in [-0.15, -0.1) is 0 Å². The first-order valence-electron chi connectivity index (χ1n) is 7.90. The third-order valence-electron chi connectivity index (χ3n) is 3.99. The first-order chi connectivity index (χ1) is 9.62. The van der Waals surface area contributed by atoms with Gasteiger partial charge in [0.1, 0.15) is 0 Å². The van der Waals surface area contributed by atoms with E-state index in [1.807, 2.05) is 16.7 Å². The van der Waals surface area contributed by atoms with E-state index in [2.05, 4.69) is 18.7 Å². The van der Waals surface area contributed by atoms with Crippen molar-refractivity contribution in [1.29, 1.82) is 0 Å². The van der Waals surface area contributed by atoms with Crippen molar-refractivity contribution in [3.05, 3.63) is 0 Å². The van der Waals surface area contributed by atoms with Gasteiger partial charge in [-0.1, -0.05) is 20.8 Å². The van der Waals surface area contributed by atoms with Crippen LogP contribution in [-0.4, -0.2) is 72.3 Å². The van der Waals surface area contributed by atoms with Crippen molar-refractivity contribution in [1.82, 2.24) is 14.7 Å². The lowest BCUT2D eigenvalue weighted by Crippen LogP contribution is -2.51. The predicted octanol–water partition coefficient (Wildman–Crippen LogP) is 1.19. The summed E-state index contributed by atoms with van der Waals surface area (Å²) >= 11 is 0. The van der Waals surface area contributed by atoms with Crippen LogP contribution in [0.5, 0.6) is 0 Å². The minimum atomic E-state index is 0.222. The average Bonchev–Trinajstić information content (AvgIpc) is 2.48. The highest BCUT2D eigenvalue weighted by Gasteiger charge is 2.23. The van der Waals surface area contributed by atoms with Crippen molar-refractivity contribution in [3.63, 3.8) is 0 Å². The molecule has 1 rings (SSSR count). The SMILES string of the molecule is CCCC(=O)N1CCN(C(=O)CCN(CC)CC)CC1. The molecule has 1 saturated heterocycles. The first-order valence-corrected chi connectivity index (χ1v) is 7.90. The maximum absolute atomic E-state index is 12.1. The molecule has 0 unspecified atom stereocenters. The van der Waals surface area contributed by atoms with E-state index >= 15 is 0 Å². The molecule has 1 aliphatic rings. The van der Waals surface area contributed by atoms with Crippen LogP contribution in [0.2, 0.25) is 0 Å². The monoisotopic (exact) mass is 283 g/mol. The molecular formula is C15H29N3O2. The summed E-state index contributed by atoms with van der Waals surface area (Å²) in [7, 11) is 0. The lowest BCUT2D eigenvalue weighted by atomic mass is 10.2. The lowest BCUT2D eigenvalue weighted by molar-refractivity contribution is -0.139. The molecule has 5 nitrogen and oxygen atoms in total. The maximum atomic E-state index is 12.1. The van der Waals surface area contributed by atoms with Crippen LogP contribution in [0.25, 0.3) is 0 Å². The van der Waals surface area contributed by atoms with Crippen LogP contribution in [0.15, 0.2) is 0 Å². The Bertz CT molecular complexity index is 308. The molecule has 0 aromatic rings. The van der Waals surface area contributed by atoms with Gasteiger partial charge >= 0.3 is 0 Å². The highest BCUT2D eigenvalue weighted by atomic mass is 16.2. The number of piperazine rings is 1. The Morgan fingerprint density at radius 1 is 0.850 bits per heavy atom. The molecule has 0 spiro atoms. The summed E-state index contributed by atoms with van der Waals surface area (Å²) < 4.78 is 0. The number of hydrogen-bond donors (Lipinski definition) is 0. The van der Waals surface area contributed by atoms with E-state index in [-0.39, 0.29) is 11.8 Å². The molecule has 0 saturated carbocycles. The summed E-state index contributed by atoms with van der Waals surface area (Å²) in [6.07, 6.45) is 2.10. The number of rotatable bonds is 7. The van der Waals surface area contributed by atoms with E-state index in [1.54, 1.807) is 0 Å². The van der Waals surface area contributed by atoms with Gasteiger partial charge in [0, 0.05) is 45.6 Å². The summed E-state index contributed by atoms with van der Waals surface area (Å²) in [5.74, 6) is 0.447. The van der Waals surface area contributed by atoms with Crippen molar-refractivity contribution in [2.24, 2.45) is 0 Å². The molecule has 20 heavy (non-hydrogen) atoms. The molecule has 2 amide bonds.